The molecule has 1 amide bonds. The molecule has 0 saturated heterocycles. The molecule has 0 aromatic carbocycles. The molecule has 2 N–H and O–H groups in total. The number of aryl methyl sites for hydroxylation is 1. The second-order valence-corrected chi connectivity index (χ2v) is 5.81. The molecule has 2 rings (SSSR count). The third-order valence-corrected chi connectivity index (χ3v) is 3.33. The van der Waals surface area contributed by atoms with Crippen LogP contribution in [0.5, 0.6) is 0 Å². The van der Waals surface area contributed by atoms with Crippen molar-refractivity contribution in [3.05, 3.63) is 47.7 Å². The highest BCUT2D eigenvalue weighted by Gasteiger charge is 2.10. The first-order valence-electron chi connectivity index (χ1n) is 7.96. The highest BCUT2D eigenvalue weighted by molar-refractivity contribution is 5.92. The summed E-state index contributed by atoms with van der Waals surface area (Å²) in [6.07, 6.45) is 4.43. The molecule has 0 bridgehead atoms. The number of anilines is 1. The summed E-state index contributed by atoms with van der Waals surface area (Å²) in [5, 5.41) is 6.09. The van der Waals surface area contributed by atoms with Gasteiger partial charge in [0.25, 0.3) is 5.91 Å². The van der Waals surface area contributed by atoms with Gasteiger partial charge in [0.1, 0.15) is 17.3 Å². The van der Waals surface area contributed by atoms with Crippen LogP contribution in [0.2, 0.25) is 0 Å². The fourth-order valence-corrected chi connectivity index (χ4v) is 2.16. The molecule has 0 spiro atoms. The molecular weight excluding hydrogens is 304 g/mol. The van der Waals surface area contributed by atoms with Crippen LogP contribution in [0.4, 0.5) is 5.82 Å². The van der Waals surface area contributed by atoms with Crippen molar-refractivity contribution in [1.82, 2.24) is 25.2 Å². The molecule has 24 heavy (non-hydrogen) atoms. The number of rotatable bonds is 8. The first-order valence-corrected chi connectivity index (χ1v) is 7.96. The lowest BCUT2D eigenvalue weighted by molar-refractivity contribution is 0.0945. The monoisotopic (exact) mass is 328 g/mol. The van der Waals surface area contributed by atoms with Gasteiger partial charge >= 0.3 is 0 Å². The van der Waals surface area contributed by atoms with Crippen molar-refractivity contribution in [2.24, 2.45) is 0 Å². The maximum Gasteiger partial charge on any atom is 0.270 e. The van der Waals surface area contributed by atoms with Crippen LogP contribution < -0.4 is 10.6 Å². The van der Waals surface area contributed by atoms with E-state index in [1.54, 1.807) is 25.4 Å². The first kappa shape index (κ1) is 17.8. The van der Waals surface area contributed by atoms with Gasteiger partial charge in [0.2, 0.25) is 0 Å². The Morgan fingerprint density at radius 2 is 2.12 bits per heavy atom. The molecule has 2 heterocycles. The van der Waals surface area contributed by atoms with E-state index in [9.17, 15) is 4.79 Å². The Hall–Kier alpha value is -2.54. The molecule has 0 fully saturated rings. The van der Waals surface area contributed by atoms with Crippen LogP contribution in [0.15, 0.2) is 30.6 Å². The molecule has 0 unspecified atom stereocenters. The van der Waals surface area contributed by atoms with E-state index >= 15 is 0 Å². The average molecular weight is 328 g/mol. The van der Waals surface area contributed by atoms with Gasteiger partial charge in [-0.25, -0.2) is 9.97 Å². The van der Waals surface area contributed by atoms with E-state index in [1.807, 2.05) is 26.2 Å². The van der Waals surface area contributed by atoms with Gasteiger partial charge in [-0.1, -0.05) is 6.07 Å². The Bertz CT molecular complexity index is 659. The third-order valence-electron chi connectivity index (χ3n) is 3.33. The number of amides is 1. The minimum atomic E-state index is -0.222. The number of pyridine rings is 1. The zero-order chi connectivity index (χ0) is 17.4. The number of aromatic nitrogens is 3. The number of carbonyl (C=O) groups excluding carboxylic acids is 1. The summed E-state index contributed by atoms with van der Waals surface area (Å²) in [5.41, 5.74) is 1.31. The lowest BCUT2D eigenvalue weighted by atomic mass is 10.2. The maximum atomic E-state index is 12.3. The molecule has 2 aromatic rings. The van der Waals surface area contributed by atoms with Crippen LogP contribution in [0.1, 0.15) is 28.3 Å². The van der Waals surface area contributed by atoms with Crippen molar-refractivity contribution in [3.63, 3.8) is 0 Å². The van der Waals surface area contributed by atoms with Crippen molar-refractivity contribution >= 4 is 11.7 Å². The van der Waals surface area contributed by atoms with Crippen molar-refractivity contribution in [2.45, 2.75) is 19.9 Å². The van der Waals surface area contributed by atoms with E-state index in [2.05, 4.69) is 30.5 Å². The average Bonchev–Trinajstić information content (AvgIpc) is 2.57. The van der Waals surface area contributed by atoms with Gasteiger partial charge in [-0.3, -0.25) is 9.78 Å². The summed E-state index contributed by atoms with van der Waals surface area (Å²) in [7, 11) is 4.08. The molecule has 0 aliphatic rings. The van der Waals surface area contributed by atoms with E-state index in [1.165, 1.54) is 0 Å². The Morgan fingerprint density at radius 1 is 1.29 bits per heavy atom. The standard InChI is InChI=1S/C17H24N6O/c1-13-21-15(10-16(22-13)19-8-5-9-23(2)3)17(24)20-12-14-6-4-7-18-11-14/h4,6-7,10-11H,5,8-9,12H2,1-3H3,(H,20,24)(H,19,21,22). The Morgan fingerprint density at radius 3 is 2.83 bits per heavy atom. The van der Waals surface area contributed by atoms with E-state index in [4.69, 9.17) is 0 Å². The predicted molar refractivity (Wildman–Crippen MR) is 93.8 cm³/mol. The van der Waals surface area contributed by atoms with Gasteiger partial charge < -0.3 is 15.5 Å². The van der Waals surface area contributed by atoms with E-state index < -0.39 is 0 Å². The second kappa shape index (κ2) is 8.93. The summed E-state index contributed by atoms with van der Waals surface area (Å²) in [4.78, 5) is 27.0. The fraction of sp³-hybridized carbons (Fsp3) is 0.412. The van der Waals surface area contributed by atoms with Gasteiger partial charge in [-0.2, -0.15) is 0 Å². The number of hydrogen-bond acceptors (Lipinski definition) is 6. The van der Waals surface area contributed by atoms with Crippen molar-refractivity contribution in [1.29, 1.82) is 0 Å². The smallest absolute Gasteiger partial charge is 0.270 e. The molecule has 0 aliphatic heterocycles. The molecule has 0 atom stereocenters. The molecular formula is C17H24N6O. The number of hydrogen-bond donors (Lipinski definition) is 2. The van der Waals surface area contributed by atoms with Crippen molar-refractivity contribution in [2.75, 3.05) is 32.5 Å². The van der Waals surface area contributed by atoms with Gasteiger partial charge in [-0.15, -0.1) is 0 Å². The van der Waals surface area contributed by atoms with E-state index in [-0.39, 0.29) is 5.91 Å². The first-order chi connectivity index (χ1) is 11.5. The van der Waals surface area contributed by atoms with E-state index in [0.29, 0.717) is 23.9 Å². The van der Waals surface area contributed by atoms with Crippen LogP contribution in [0.3, 0.4) is 0 Å². The number of nitrogens with zero attached hydrogens (tertiary/aromatic N) is 4. The summed E-state index contributed by atoms with van der Waals surface area (Å²) in [6, 6.07) is 5.43. The Kier molecular flexibility index (Phi) is 6.62. The van der Waals surface area contributed by atoms with E-state index in [0.717, 1.165) is 25.1 Å². The molecule has 7 heteroatoms. The van der Waals surface area contributed by atoms with Gasteiger partial charge in [0.15, 0.2) is 0 Å². The highest BCUT2D eigenvalue weighted by Crippen LogP contribution is 2.07. The summed E-state index contributed by atoms with van der Waals surface area (Å²) in [6.45, 7) is 3.99. The summed E-state index contributed by atoms with van der Waals surface area (Å²) < 4.78 is 0. The topological polar surface area (TPSA) is 83.0 Å². The molecule has 0 aliphatic carbocycles. The second-order valence-electron chi connectivity index (χ2n) is 5.81. The largest absolute Gasteiger partial charge is 0.370 e. The normalized spacial score (nSPS) is 10.7. The zero-order valence-electron chi connectivity index (χ0n) is 14.4. The quantitative estimate of drug-likeness (QED) is 0.714. The van der Waals surface area contributed by atoms with Crippen LogP contribution in [0.25, 0.3) is 0 Å². The van der Waals surface area contributed by atoms with Gasteiger partial charge in [0.05, 0.1) is 0 Å². The molecule has 2 aromatic heterocycles. The maximum absolute atomic E-state index is 12.3. The summed E-state index contributed by atoms with van der Waals surface area (Å²) in [5.74, 6) is 1.02. The molecule has 7 nitrogen and oxygen atoms in total. The Labute approximate surface area is 142 Å². The third kappa shape index (κ3) is 5.92. The van der Waals surface area contributed by atoms with Crippen LogP contribution in [0, 0.1) is 6.92 Å². The molecule has 128 valence electrons. The van der Waals surface area contributed by atoms with Crippen molar-refractivity contribution < 1.29 is 4.79 Å². The van der Waals surface area contributed by atoms with Gasteiger partial charge in [-0.05, 0) is 45.6 Å². The van der Waals surface area contributed by atoms with Gasteiger partial charge in [0, 0.05) is 31.5 Å². The van der Waals surface area contributed by atoms with Crippen LogP contribution in [-0.2, 0) is 6.54 Å². The minimum absolute atomic E-state index is 0.222. The lowest BCUT2D eigenvalue weighted by Crippen LogP contribution is -2.24. The fourth-order valence-electron chi connectivity index (χ4n) is 2.16. The zero-order valence-corrected chi connectivity index (χ0v) is 14.4. The number of carbonyl (C=O) groups is 1. The minimum Gasteiger partial charge on any atom is -0.370 e. The molecule has 0 saturated carbocycles. The summed E-state index contributed by atoms with van der Waals surface area (Å²) >= 11 is 0. The van der Waals surface area contributed by atoms with Crippen LogP contribution >= 0.6 is 0 Å². The lowest BCUT2D eigenvalue weighted by Gasteiger charge is -2.11. The SMILES string of the molecule is Cc1nc(NCCCN(C)C)cc(C(=O)NCc2cccnc2)n1. The van der Waals surface area contributed by atoms with Crippen LogP contribution in [-0.4, -0.2) is 52.9 Å². The number of nitrogens with one attached hydrogen (secondary N) is 2. The molecule has 0 radical (unpaired) electrons. The van der Waals surface area contributed by atoms with Crippen molar-refractivity contribution in [3.8, 4) is 0 Å². The predicted octanol–water partition coefficient (Wildman–Crippen LogP) is 1.47. The highest BCUT2D eigenvalue weighted by atomic mass is 16.1. The Balaban J connectivity index is 1.92.